The minimum Gasteiger partial charge on any atom is -0.469 e. The summed E-state index contributed by atoms with van der Waals surface area (Å²) in [5.74, 6) is -0.765. The molecule has 104 valence electrons. The summed E-state index contributed by atoms with van der Waals surface area (Å²) < 4.78 is 17.2. The molecule has 1 aromatic rings. The fraction of sp³-hybridized carbons (Fsp3) is 0.429. The van der Waals surface area contributed by atoms with E-state index in [-0.39, 0.29) is 30.5 Å². The molecule has 19 heavy (non-hydrogen) atoms. The molecule has 0 aliphatic heterocycles. The molecule has 0 bridgehead atoms. The Kier molecular flexibility index (Phi) is 5.99. The number of likely N-dealkylation sites (N-methyl/N-ethyl adjacent to an activating group) is 1. The van der Waals surface area contributed by atoms with Crippen molar-refractivity contribution in [1.82, 2.24) is 4.90 Å². The van der Waals surface area contributed by atoms with Crippen molar-refractivity contribution in [2.75, 3.05) is 20.7 Å². The van der Waals surface area contributed by atoms with E-state index >= 15 is 0 Å². The second kappa shape index (κ2) is 7.51. The minimum atomic E-state index is -0.389. The highest BCUT2D eigenvalue weighted by atomic mass is 19.1. The van der Waals surface area contributed by atoms with Crippen molar-refractivity contribution in [2.24, 2.45) is 0 Å². The zero-order valence-corrected chi connectivity index (χ0v) is 11.2. The first-order valence-corrected chi connectivity index (χ1v) is 6.08. The van der Waals surface area contributed by atoms with Gasteiger partial charge in [-0.15, -0.1) is 0 Å². The van der Waals surface area contributed by atoms with Gasteiger partial charge in [-0.2, -0.15) is 0 Å². The first-order chi connectivity index (χ1) is 9.02. The van der Waals surface area contributed by atoms with E-state index in [1.165, 1.54) is 19.2 Å². The third kappa shape index (κ3) is 5.50. The largest absolute Gasteiger partial charge is 0.469 e. The molecule has 0 N–H and O–H groups in total. The Labute approximate surface area is 112 Å². The third-order valence-corrected chi connectivity index (χ3v) is 2.85. The third-order valence-electron chi connectivity index (χ3n) is 2.85. The molecule has 0 aromatic heterocycles. The second-order valence-electron chi connectivity index (χ2n) is 4.27. The van der Waals surface area contributed by atoms with Crippen LogP contribution in [0, 0.1) is 5.82 Å². The maximum absolute atomic E-state index is 12.7. The lowest BCUT2D eigenvalue weighted by Gasteiger charge is -2.16. The molecule has 0 heterocycles. The Morgan fingerprint density at radius 2 is 1.84 bits per heavy atom. The van der Waals surface area contributed by atoms with Gasteiger partial charge in [0.1, 0.15) is 5.82 Å². The molecule has 0 fully saturated rings. The molecule has 1 aromatic carbocycles. The molecule has 0 unspecified atom stereocenters. The minimum absolute atomic E-state index is 0.0935. The monoisotopic (exact) mass is 267 g/mol. The highest BCUT2D eigenvalue weighted by Crippen LogP contribution is 2.05. The maximum Gasteiger partial charge on any atom is 0.306 e. The Morgan fingerprint density at radius 3 is 2.42 bits per heavy atom. The summed E-state index contributed by atoms with van der Waals surface area (Å²) in [6, 6.07) is 6.19. The lowest BCUT2D eigenvalue weighted by Crippen LogP contribution is -2.29. The number of ether oxygens (including phenoxy) is 1. The molecular formula is C14H18FNO3. The Hall–Kier alpha value is -1.91. The molecule has 0 spiro atoms. The van der Waals surface area contributed by atoms with Crippen LogP contribution in [0.25, 0.3) is 0 Å². The van der Waals surface area contributed by atoms with Gasteiger partial charge in [-0.25, -0.2) is 4.39 Å². The summed E-state index contributed by atoms with van der Waals surface area (Å²) in [6.07, 6.45) is 0.892. The fourth-order valence-corrected chi connectivity index (χ4v) is 1.57. The number of rotatable bonds is 6. The van der Waals surface area contributed by atoms with Gasteiger partial charge in [0.15, 0.2) is 0 Å². The van der Waals surface area contributed by atoms with Crippen molar-refractivity contribution in [2.45, 2.75) is 19.3 Å². The lowest BCUT2D eigenvalue weighted by atomic mass is 10.1. The van der Waals surface area contributed by atoms with Crippen LogP contribution in [0.4, 0.5) is 4.39 Å². The van der Waals surface area contributed by atoms with Crippen LogP contribution in [0.2, 0.25) is 0 Å². The summed E-state index contributed by atoms with van der Waals surface area (Å²) in [5.41, 5.74) is 0.967. The number of esters is 1. The summed E-state index contributed by atoms with van der Waals surface area (Å²) >= 11 is 0. The highest BCUT2D eigenvalue weighted by Gasteiger charge is 2.11. The van der Waals surface area contributed by atoms with Crippen LogP contribution in [0.1, 0.15) is 18.4 Å². The number of amides is 1. The maximum atomic E-state index is 12.7. The lowest BCUT2D eigenvalue weighted by molar-refractivity contribution is -0.143. The molecule has 1 amide bonds. The van der Waals surface area contributed by atoms with Crippen LogP contribution < -0.4 is 0 Å². The molecule has 0 atom stereocenters. The molecule has 5 heteroatoms. The molecule has 0 saturated heterocycles. The summed E-state index contributed by atoms with van der Waals surface area (Å²) in [7, 11) is 2.98. The number of benzene rings is 1. The average molecular weight is 267 g/mol. The van der Waals surface area contributed by atoms with Crippen LogP contribution in [-0.4, -0.2) is 37.5 Å². The van der Waals surface area contributed by atoms with Crippen LogP contribution >= 0.6 is 0 Å². The van der Waals surface area contributed by atoms with E-state index in [4.69, 9.17) is 0 Å². The zero-order valence-electron chi connectivity index (χ0n) is 11.2. The van der Waals surface area contributed by atoms with Crippen LogP contribution in [0.15, 0.2) is 24.3 Å². The average Bonchev–Trinajstić information content (AvgIpc) is 2.43. The number of hydrogen-bond donors (Lipinski definition) is 0. The smallest absolute Gasteiger partial charge is 0.306 e. The fourth-order valence-electron chi connectivity index (χ4n) is 1.57. The van der Waals surface area contributed by atoms with Crippen molar-refractivity contribution < 1.29 is 18.7 Å². The van der Waals surface area contributed by atoms with E-state index in [1.54, 1.807) is 24.1 Å². The van der Waals surface area contributed by atoms with Gasteiger partial charge in [0.2, 0.25) is 5.91 Å². The van der Waals surface area contributed by atoms with E-state index in [2.05, 4.69) is 4.74 Å². The summed E-state index contributed by atoms with van der Waals surface area (Å²) in [4.78, 5) is 24.2. The summed E-state index contributed by atoms with van der Waals surface area (Å²) in [5, 5.41) is 0. The van der Waals surface area contributed by atoms with E-state index in [9.17, 15) is 14.0 Å². The van der Waals surface area contributed by atoms with E-state index in [1.807, 2.05) is 0 Å². The standard InChI is InChI=1S/C14H18FNO3/c1-16(13(17)7-8-14(18)19-2)10-9-11-3-5-12(15)6-4-11/h3-6H,7-10H2,1-2H3. The molecular weight excluding hydrogens is 249 g/mol. The van der Waals surface area contributed by atoms with Gasteiger partial charge in [-0.3, -0.25) is 9.59 Å². The van der Waals surface area contributed by atoms with Crippen molar-refractivity contribution in [1.29, 1.82) is 0 Å². The van der Waals surface area contributed by atoms with Gasteiger partial charge < -0.3 is 9.64 Å². The Balaban J connectivity index is 2.34. The van der Waals surface area contributed by atoms with E-state index < -0.39 is 0 Å². The molecule has 0 saturated carbocycles. The number of halogens is 1. The highest BCUT2D eigenvalue weighted by molar-refractivity contribution is 5.81. The predicted molar refractivity (Wildman–Crippen MR) is 69.0 cm³/mol. The van der Waals surface area contributed by atoms with E-state index in [0.29, 0.717) is 13.0 Å². The number of methoxy groups -OCH3 is 1. The first kappa shape index (κ1) is 15.1. The zero-order chi connectivity index (χ0) is 14.3. The Bertz CT molecular complexity index is 431. The molecule has 0 radical (unpaired) electrons. The summed E-state index contributed by atoms with van der Waals surface area (Å²) in [6.45, 7) is 0.533. The number of carbonyl (C=O) groups is 2. The van der Waals surface area contributed by atoms with Gasteiger partial charge in [0.25, 0.3) is 0 Å². The van der Waals surface area contributed by atoms with Crippen molar-refractivity contribution in [3.8, 4) is 0 Å². The van der Waals surface area contributed by atoms with Gasteiger partial charge >= 0.3 is 5.97 Å². The number of nitrogens with zero attached hydrogens (tertiary/aromatic N) is 1. The first-order valence-electron chi connectivity index (χ1n) is 6.08. The Morgan fingerprint density at radius 1 is 1.21 bits per heavy atom. The quantitative estimate of drug-likeness (QED) is 0.738. The predicted octanol–water partition coefficient (Wildman–Crippen LogP) is 1.78. The van der Waals surface area contributed by atoms with Crippen LogP contribution in [0.5, 0.6) is 0 Å². The SMILES string of the molecule is COC(=O)CCC(=O)N(C)CCc1ccc(F)cc1. The van der Waals surface area contributed by atoms with Crippen molar-refractivity contribution >= 4 is 11.9 Å². The molecule has 0 aliphatic carbocycles. The molecule has 0 aliphatic rings. The number of carbonyl (C=O) groups excluding carboxylic acids is 2. The second-order valence-corrected chi connectivity index (χ2v) is 4.27. The van der Waals surface area contributed by atoms with Crippen molar-refractivity contribution in [3.63, 3.8) is 0 Å². The van der Waals surface area contributed by atoms with Crippen LogP contribution in [0.3, 0.4) is 0 Å². The van der Waals surface area contributed by atoms with Gasteiger partial charge in [0, 0.05) is 20.0 Å². The van der Waals surface area contributed by atoms with Gasteiger partial charge in [0.05, 0.1) is 13.5 Å². The molecule has 4 nitrogen and oxygen atoms in total. The van der Waals surface area contributed by atoms with Gasteiger partial charge in [-0.05, 0) is 24.1 Å². The topological polar surface area (TPSA) is 46.6 Å². The molecule has 1 rings (SSSR count). The van der Waals surface area contributed by atoms with Crippen LogP contribution in [-0.2, 0) is 20.7 Å². The normalized spacial score (nSPS) is 10.1. The number of hydrogen-bond acceptors (Lipinski definition) is 3. The van der Waals surface area contributed by atoms with Gasteiger partial charge in [-0.1, -0.05) is 12.1 Å². The van der Waals surface area contributed by atoms with Crippen molar-refractivity contribution in [3.05, 3.63) is 35.6 Å². The van der Waals surface area contributed by atoms with E-state index in [0.717, 1.165) is 5.56 Å².